The Morgan fingerprint density at radius 3 is 1.89 bits per heavy atom. The first-order valence-electron chi connectivity index (χ1n) is 8.04. The first kappa shape index (κ1) is 19.0. The SMILES string of the molecule is COC(=O)C1(Br)C(c2ccccc2)=NC1(C(=O)OC)C(=O)c1ccccc1. The van der Waals surface area contributed by atoms with Crippen LogP contribution in [0.1, 0.15) is 15.9 Å². The summed E-state index contributed by atoms with van der Waals surface area (Å²) in [6, 6.07) is 16.9. The minimum Gasteiger partial charge on any atom is -0.468 e. The number of Topliss-reactive ketones (excluding diaryl/α,β-unsaturated/α-hetero) is 1. The molecule has 0 bridgehead atoms. The Morgan fingerprint density at radius 1 is 0.852 bits per heavy atom. The topological polar surface area (TPSA) is 82.0 Å². The molecule has 138 valence electrons. The number of rotatable bonds is 5. The van der Waals surface area contributed by atoms with Crippen molar-refractivity contribution in [2.24, 2.45) is 4.99 Å². The molecule has 0 saturated carbocycles. The predicted octanol–water partition coefficient (Wildman–Crippen LogP) is 2.59. The molecule has 0 amide bonds. The number of esters is 2. The zero-order valence-corrected chi connectivity index (χ0v) is 16.2. The fourth-order valence-corrected chi connectivity index (χ4v) is 4.03. The van der Waals surface area contributed by atoms with Crippen molar-refractivity contribution >= 4 is 39.4 Å². The monoisotopic (exact) mass is 429 g/mol. The van der Waals surface area contributed by atoms with E-state index >= 15 is 0 Å². The summed E-state index contributed by atoms with van der Waals surface area (Å²) in [6.45, 7) is 0. The molecule has 0 aliphatic carbocycles. The number of hydrogen-bond donors (Lipinski definition) is 0. The van der Waals surface area contributed by atoms with Crippen LogP contribution in [0.2, 0.25) is 0 Å². The average molecular weight is 430 g/mol. The molecule has 1 heterocycles. The van der Waals surface area contributed by atoms with Crippen LogP contribution in [0.5, 0.6) is 0 Å². The molecule has 2 aromatic rings. The van der Waals surface area contributed by atoms with Crippen molar-refractivity contribution in [3.05, 3.63) is 71.8 Å². The number of benzene rings is 2. The largest absolute Gasteiger partial charge is 0.468 e. The number of halogens is 1. The molecule has 1 aliphatic rings. The maximum Gasteiger partial charge on any atom is 0.344 e. The molecule has 2 atom stereocenters. The van der Waals surface area contributed by atoms with Crippen molar-refractivity contribution in [3.63, 3.8) is 0 Å². The third kappa shape index (κ3) is 2.61. The molecule has 6 nitrogen and oxygen atoms in total. The van der Waals surface area contributed by atoms with E-state index in [1.165, 1.54) is 7.11 Å². The van der Waals surface area contributed by atoms with Crippen LogP contribution in [0.4, 0.5) is 0 Å². The van der Waals surface area contributed by atoms with E-state index in [0.29, 0.717) is 5.56 Å². The van der Waals surface area contributed by atoms with E-state index in [2.05, 4.69) is 20.9 Å². The molecular formula is C20H16BrNO5. The molecule has 0 spiro atoms. The molecule has 27 heavy (non-hydrogen) atoms. The van der Waals surface area contributed by atoms with Gasteiger partial charge in [-0.1, -0.05) is 76.6 Å². The van der Waals surface area contributed by atoms with Crippen LogP contribution in [-0.2, 0) is 19.1 Å². The van der Waals surface area contributed by atoms with Crippen molar-refractivity contribution in [1.82, 2.24) is 0 Å². The fourth-order valence-electron chi connectivity index (χ4n) is 3.12. The summed E-state index contributed by atoms with van der Waals surface area (Å²) in [5, 5.41) is 0. The number of alkyl halides is 1. The van der Waals surface area contributed by atoms with Gasteiger partial charge < -0.3 is 9.47 Å². The zero-order valence-electron chi connectivity index (χ0n) is 14.6. The van der Waals surface area contributed by atoms with Gasteiger partial charge in [-0.05, 0) is 5.56 Å². The highest BCUT2D eigenvalue weighted by Crippen LogP contribution is 2.50. The maximum atomic E-state index is 13.3. The van der Waals surface area contributed by atoms with Gasteiger partial charge in [0.25, 0.3) is 5.54 Å². The third-order valence-electron chi connectivity index (χ3n) is 4.46. The highest BCUT2D eigenvalue weighted by Gasteiger charge is 2.75. The lowest BCUT2D eigenvalue weighted by Crippen LogP contribution is -2.74. The molecule has 1 aliphatic heterocycles. The summed E-state index contributed by atoms with van der Waals surface area (Å²) >= 11 is 3.33. The lowest BCUT2D eigenvalue weighted by Gasteiger charge is -2.47. The second-order valence-electron chi connectivity index (χ2n) is 5.87. The molecule has 2 aromatic carbocycles. The van der Waals surface area contributed by atoms with Crippen molar-refractivity contribution < 1.29 is 23.9 Å². The van der Waals surface area contributed by atoms with Gasteiger partial charge in [-0.25, -0.2) is 9.59 Å². The van der Waals surface area contributed by atoms with Crippen LogP contribution < -0.4 is 0 Å². The smallest absolute Gasteiger partial charge is 0.344 e. The summed E-state index contributed by atoms with van der Waals surface area (Å²) < 4.78 is 7.98. The van der Waals surface area contributed by atoms with E-state index in [0.717, 1.165) is 7.11 Å². The molecule has 3 rings (SSSR count). The van der Waals surface area contributed by atoms with Crippen molar-refractivity contribution in [1.29, 1.82) is 0 Å². The summed E-state index contributed by atoms with van der Waals surface area (Å²) in [5.74, 6) is -2.42. The molecule has 0 fully saturated rings. The Bertz CT molecular complexity index is 928. The highest BCUT2D eigenvalue weighted by atomic mass is 79.9. The molecule has 7 heteroatoms. The second kappa shape index (κ2) is 7.08. The average Bonchev–Trinajstić information content (AvgIpc) is 2.72. The first-order chi connectivity index (χ1) is 12.9. The highest BCUT2D eigenvalue weighted by molar-refractivity contribution is 9.10. The number of carbonyl (C=O) groups excluding carboxylic acids is 3. The number of methoxy groups -OCH3 is 2. The van der Waals surface area contributed by atoms with E-state index < -0.39 is 27.6 Å². The van der Waals surface area contributed by atoms with E-state index in [1.807, 2.05) is 0 Å². The molecular weight excluding hydrogens is 414 g/mol. The molecule has 0 radical (unpaired) electrons. The number of aliphatic imine (C=N–C) groups is 1. The van der Waals surface area contributed by atoms with Gasteiger partial charge in [0.2, 0.25) is 10.1 Å². The van der Waals surface area contributed by atoms with E-state index in [9.17, 15) is 14.4 Å². The third-order valence-corrected chi connectivity index (χ3v) is 5.74. The molecule has 2 unspecified atom stereocenters. The van der Waals surface area contributed by atoms with Crippen molar-refractivity contribution in [2.75, 3.05) is 14.2 Å². The number of nitrogens with zero attached hydrogens (tertiary/aromatic N) is 1. The van der Waals surface area contributed by atoms with Crippen molar-refractivity contribution in [2.45, 2.75) is 9.86 Å². The van der Waals surface area contributed by atoms with Crippen LogP contribution in [0.15, 0.2) is 65.7 Å². The summed E-state index contributed by atoms with van der Waals surface area (Å²) in [5.41, 5.74) is -1.09. The Labute approximate surface area is 164 Å². The van der Waals surface area contributed by atoms with Gasteiger partial charge in [-0.15, -0.1) is 0 Å². The van der Waals surface area contributed by atoms with E-state index in [-0.39, 0.29) is 11.3 Å². The van der Waals surface area contributed by atoms with Crippen molar-refractivity contribution in [3.8, 4) is 0 Å². The minimum absolute atomic E-state index is 0.227. The van der Waals surface area contributed by atoms with Crippen LogP contribution in [0, 0.1) is 0 Å². The van der Waals surface area contributed by atoms with Crippen LogP contribution >= 0.6 is 15.9 Å². The first-order valence-corrected chi connectivity index (χ1v) is 8.84. The quantitative estimate of drug-likeness (QED) is 0.315. The van der Waals surface area contributed by atoms with Gasteiger partial charge >= 0.3 is 11.9 Å². The lowest BCUT2D eigenvalue weighted by atomic mass is 9.68. The van der Waals surface area contributed by atoms with Crippen LogP contribution in [0.25, 0.3) is 0 Å². The Balaban J connectivity index is 2.26. The Morgan fingerprint density at radius 2 is 1.37 bits per heavy atom. The number of ketones is 1. The normalized spacial score (nSPS) is 23.6. The second-order valence-corrected chi connectivity index (χ2v) is 7.06. The van der Waals surface area contributed by atoms with Gasteiger partial charge in [-0.3, -0.25) is 9.79 Å². The molecule has 0 N–H and O–H groups in total. The van der Waals surface area contributed by atoms with E-state index in [4.69, 9.17) is 9.47 Å². The Kier molecular flexibility index (Phi) is 4.97. The Hall–Kier alpha value is -2.80. The van der Waals surface area contributed by atoms with Gasteiger partial charge in [0.1, 0.15) is 0 Å². The summed E-state index contributed by atoms with van der Waals surface area (Å²) in [7, 11) is 2.32. The standard InChI is InChI=1S/C20H16BrNO5/c1-26-17(24)19(21)15(13-9-5-3-6-10-13)22-20(19,18(25)27-2)16(23)14-11-7-4-8-12-14/h3-12H,1-2H3. The number of hydrogen-bond acceptors (Lipinski definition) is 6. The zero-order chi connectivity index (χ0) is 19.7. The maximum absolute atomic E-state index is 13.3. The van der Waals surface area contributed by atoms with Crippen LogP contribution in [-0.4, -0.2) is 47.5 Å². The summed E-state index contributed by atoms with van der Waals surface area (Å²) in [6.07, 6.45) is 0. The van der Waals surface area contributed by atoms with E-state index in [1.54, 1.807) is 60.7 Å². The minimum atomic E-state index is -2.12. The number of ether oxygens (including phenoxy) is 2. The fraction of sp³-hybridized carbons (Fsp3) is 0.200. The van der Waals surface area contributed by atoms with Gasteiger partial charge in [0.15, 0.2) is 0 Å². The van der Waals surface area contributed by atoms with Gasteiger partial charge in [0, 0.05) is 5.56 Å². The van der Waals surface area contributed by atoms with Gasteiger partial charge in [-0.2, -0.15) is 0 Å². The molecule has 0 aromatic heterocycles. The predicted molar refractivity (Wildman–Crippen MR) is 102 cm³/mol. The lowest BCUT2D eigenvalue weighted by molar-refractivity contribution is -0.153. The van der Waals surface area contributed by atoms with Crippen LogP contribution in [0.3, 0.4) is 0 Å². The summed E-state index contributed by atoms with van der Waals surface area (Å²) in [4.78, 5) is 43.2. The molecule has 0 saturated heterocycles. The number of carbonyl (C=O) groups is 3. The van der Waals surface area contributed by atoms with Gasteiger partial charge in [0.05, 0.1) is 19.9 Å².